The lowest BCUT2D eigenvalue weighted by Gasteiger charge is -2.24. The number of aryl methyl sites for hydroxylation is 2. The van der Waals surface area contributed by atoms with Gasteiger partial charge in [0.2, 0.25) is 11.8 Å². The van der Waals surface area contributed by atoms with Gasteiger partial charge in [-0.25, -0.2) is 9.97 Å². The van der Waals surface area contributed by atoms with Crippen LogP contribution in [0.4, 0.5) is 5.69 Å². The topological polar surface area (TPSA) is 85.0 Å². The molecule has 1 saturated carbocycles. The molecule has 3 heterocycles. The van der Waals surface area contributed by atoms with Gasteiger partial charge < -0.3 is 19.4 Å². The Morgan fingerprint density at radius 3 is 2.60 bits per heavy atom. The number of nitrogens with zero attached hydrogens (tertiary/aromatic N) is 5. The molecule has 178 valence electrons. The van der Waals surface area contributed by atoms with Crippen LogP contribution < -0.4 is 5.32 Å². The molecule has 1 N–H and O–H groups in total. The van der Waals surface area contributed by atoms with E-state index in [1.54, 1.807) is 12.7 Å². The Balaban J connectivity index is 1.13. The summed E-state index contributed by atoms with van der Waals surface area (Å²) in [6, 6.07) is 15.2. The Labute approximate surface area is 203 Å². The van der Waals surface area contributed by atoms with Gasteiger partial charge in [0, 0.05) is 37.1 Å². The Morgan fingerprint density at radius 1 is 1.06 bits per heavy atom. The van der Waals surface area contributed by atoms with Crippen molar-refractivity contribution in [3.63, 3.8) is 0 Å². The second-order valence-corrected chi connectivity index (χ2v) is 9.88. The van der Waals surface area contributed by atoms with Gasteiger partial charge >= 0.3 is 0 Å². The first-order chi connectivity index (χ1) is 17.0. The summed E-state index contributed by atoms with van der Waals surface area (Å²) in [5.74, 6) is -0.0843. The van der Waals surface area contributed by atoms with Crippen LogP contribution in [0.1, 0.15) is 31.4 Å². The SMILES string of the molecule is Cc1cn(-c2ccc(NC(=O)[C@@H]3CC4(CC4)CN3C(=O)CCn3cnc4ccccc43)cc2)cn1. The number of para-hydroxylation sites is 2. The fourth-order valence-corrected chi connectivity index (χ4v) is 5.14. The number of nitrogens with one attached hydrogen (secondary N) is 1. The van der Waals surface area contributed by atoms with Crippen LogP contribution in [0.25, 0.3) is 16.7 Å². The number of anilines is 1. The molecule has 1 aliphatic heterocycles. The first-order valence-electron chi connectivity index (χ1n) is 12.1. The summed E-state index contributed by atoms with van der Waals surface area (Å²) >= 11 is 0. The molecule has 8 heteroatoms. The Bertz CT molecular complexity index is 1400. The molecular weight excluding hydrogens is 440 g/mol. The molecule has 8 nitrogen and oxygen atoms in total. The third-order valence-electron chi connectivity index (χ3n) is 7.33. The standard InChI is InChI=1S/C27H28N6O2/c1-19-15-32(17-28-19)21-8-6-20(7-9-21)30-26(35)24-14-27(11-12-27)16-33(24)25(34)10-13-31-18-29-22-4-2-3-5-23(22)31/h2-9,15,17-18,24H,10-14,16H2,1H3,(H,30,35)/t24-/m0/s1. The maximum absolute atomic E-state index is 13.3. The normalized spacial score (nSPS) is 18.3. The molecule has 1 aliphatic carbocycles. The molecule has 0 bridgehead atoms. The van der Waals surface area contributed by atoms with Crippen LogP contribution >= 0.6 is 0 Å². The van der Waals surface area contributed by atoms with Crippen molar-refractivity contribution in [2.45, 2.75) is 45.2 Å². The number of benzene rings is 2. The van der Waals surface area contributed by atoms with E-state index in [1.165, 1.54) is 0 Å². The molecule has 1 saturated heterocycles. The number of rotatable bonds is 6. The highest BCUT2D eigenvalue weighted by molar-refractivity contribution is 5.97. The molecule has 2 aromatic carbocycles. The number of carbonyl (C=O) groups is 2. The van der Waals surface area contributed by atoms with E-state index in [9.17, 15) is 9.59 Å². The van der Waals surface area contributed by atoms with Crippen molar-refractivity contribution in [1.29, 1.82) is 0 Å². The van der Waals surface area contributed by atoms with Gasteiger partial charge in [0.1, 0.15) is 6.04 Å². The highest BCUT2D eigenvalue weighted by Crippen LogP contribution is 2.55. The third-order valence-corrected chi connectivity index (χ3v) is 7.33. The summed E-state index contributed by atoms with van der Waals surface area (Å²) in [7, 11) is 0. The van der Waals surface area contributed by atoms with E-state index in [0.29, 0.717) is 19.5 Å². The molecule has 2 aliphatic rings. The number of amides is 2. The lowest BCUT2D eigenvalue weighted by molar-refractivity contribution is -0.136. The maximum Gasteiger partial charge on any atom is 0.247 e. The fraction of sp³-hybridized carbons (Fsp3) is 0.333. The van der Waals surface area contributed by atoms with Crippen LogP contribution in [-0.2, 0) is 16.1 Å². The number of hydrogen-bond donors (Lipinski definition) is 1. The van der Waals surface area contributed by atoms with Gasteiger partial charge in [0.25, 0.3) is 0 Å². The maximum atomic E-state index is 13.3. The van der Waals surface area contributed by atoms with Crippen molar-refractivity contribution >= 4 is 28.5 Å². The number of hydrogen-bond acceptors (Lipinski definition) is 4. The van der Waals surface area contributed by atoms with E-state index in [4.69, 9.17) is 0 Å². The van der Waals surface area contributed by atoms with Gasteiger partial charge in [0.05, 0.1) is 29.4 Å². The average molecular weight is 469 g/mol. The molecular formula is C27H28N6O2. The van der Waals surface area contributed by atoms with Gasteiger partial charge in [-0.1, -0.05) is 12.1 Å². The lowest BCUT2D eigenvalue weighted by Crippen LogP contribution is -2.43. The minimum absolute atomic E-state index is 0.0255. The summed E-state index contributed by atoms with van der Waals surface area (Å²) in [6.07, 6.45) is 8.77. The van der Waals surface area contributed by atoms with Crippen molar-refractivity contribution in [2.75, 3.05) is 11.9 Å². The highest BCUT2D eigenvalue weighted by Gasteiger charge is 2.55. The quantitative estimate of drug-likeness (QED) is 0.465. The fourth-order valence-electron chi connectivity index (χ4n) is 5.14. The predicted molar refractivity (Wildman–Crippen MR) is 133 cm³/mol. The summed E-state index contributed by atoms with van der Waals surface area (Å²) in [5, 5.41) is 3.04. The third kappa shape index (κ3) is 4.20. The van der Waals surface area contributed by atoms with Crippen LogP contribution in [-0.4, -0.2) is 48.4 Å². The van der Waals surface area contributed by atoms with Crippen molar-refractivity contribution in [1.82, 2.24) is 24.0 Å². The summed E-state index contributed by atoms with van der Waals surface area (Å²) in [4.78, 5) is 37.0. The summed E-state index contributed by atoms with van der Waals surface area (Å²) in [5.41, 5.74) is 4.72. The van der Waals surface area contributed by atoms with Crippen molar-refractivity contribution in [3.8, 4) is 5.69 Å². The van der Waals surface area contributed by atoms with Gasteiger partial charge in [-0.15, -0.1) is 0 Å². The number of fused-ring (bicyclic) bond motifs is 1. The van der Waals surface area contributed by atoms with Crippen LogP contribution in [0.3, 0.4) is 0 Å². The first kappa shape index (κ1) is 21.6. The number of aromatic nitrogens is 4. The Hall–Kier alpha value is -3.94. The van der Waals surface area contributed by atoms with Crippen molar-refractivity contribution in [3.05, 3.63) is 73.1 Å². The van der Waals surface area contributed by atoms with E-state index in [0.717, 1.165) is 47.4 Å². The van der Waals surface area contributed by atoms with Crippen molar-refractivity contribution < 1.29 is 9.59 Å². The zero-order chi connectivity index (χ0) is 24.0. The number of imidazole rings is 2. The molecule has 4 aromatic rings. The van der Waals surface area contributed by atoms with Gasteiger partial charge in [-0.3, -0.25) is 9.59 Å². The molecule has 1 atom stereocenters. The smallest absolute Gasteiger partial charge is 0.247 e. The van der Waals surface area contributed by atoms with Crippen LogP contribution in [0.15, 0.2) is 67.4 Å². The van der Waals surface area contributed by atoms with Gasteiger partial charge in [0.15, 0.2) is 0 Å². The van der Waals surface area contributed by atoms with Gasteiger partial charge in [-0.2, -0.15) is 0 Å². The van der Waals surface area contributed by atoms with Crippen LogP contribution in [0.5, 0.6) is 0 Å². The van der Waals surface area contributed by atoms with E-state index in [1.807, 2.05) is 75.7 Å². The molecule has 6 rings (SSSR count). The van der Waals surface area contributed by atoms with E-state index >= 15 is 0 Å². The zero-order valence-electron chi connectivity index (χ0n) is 19.7. The second-order valence-electron chi connectivity index (χ2n) is 9.88. The molecule has 35 heavy (non-hydrogen) atoms. The average Bonchev–Trinajstić information content (AvgIpc) is 3.17. The van der Waals surface area contributed by atoms with Crippen molar-refractivity contribution in [2.24, 2.45) is 5.41 Å². The summed E-state index contributed by atoms with van der Waals surface area (Å²) in [6.45, 7) is 3.17. The monoisotopic (exact) mass is 468 g/mol. The molecule has 1 spiro atoms. The predicted octanol–water partition coefficient (Wildman–Crippen LogP) is 3.94. The first-order valence-corrected chi connectivity index (χ1v) is 12.1. The van der Waals surface area contributed by atoms with E-state index < -0.39 is 6.04 Å². The largest absolute Gasteiger partial charge is 0.330 e. The Morgan fingerprint density at radius 2 is 1.86 bits per heavy atom. The lowest BCUT2D eigenvalue weighted by atomic mass is 10.0. The zero-order valence-corrected chi connectivity index (χ0v) is 19.7. The minimum Gasteiger partial charge on any atom is -0.330 e. The molecule has 2 amide bonds. The van der Waals surface area contributed by atoms with Crippen LogP contribution in [0.2, 0.25) is 0 Å². The molecule has 0 radical (unpaired) electrons. The summed E-state index contributed by atoms with van der Waals surface area (Å²) < 4.78 is 3.95. The minimum atomic E-state index is -0.430. The number of carbonyl (C=O) groups excluding carboxylic acids is 2. The van der Waals surface area contributed by atoms with E-state index in [2.05, 4.69) is 15.3 Å². The second kappa shape index (κ2) is 8.37. The molecule has 2 aromatic heterocycles. The van der Waals surface area contributed by atoms with Crippen LogP contribution in [0, 0.1) is 12.3 Å². The van der Waals surface area contributed by atoms with E-state index in [-0.39, 0.29) is 17.2 Å². The number of likely N-dealkylation sites (tertiary alicyclic amines) is 1. The van der Waals surface area contributed by atoms with Gasteiger partial charge in [-0.05, 0) is 68.0 Å². The highest BCUT2D eigenvalue weighted by atomic mass is 16.2. The molecule has 0 unspecified atom stereocenters. The Kier molecular flexibility index (Phi) is 5.16. The molecule has 2 fully saturated rings.